The SMILES string of the molecule is C#CC(NC)C1CCc2ccccc2C1. The number of fused-ring (bicyclic) bond motifs is 1. The van der Waals surface area contributed by atoms with Crippen LogP contribution in [0.3, 0.4) is 0 Å². The highest BCUT2D eigenvalue weighted by Crippen LogP contribution is 2.27. The van der Waals surface area contributed by atoms with Crippen molar-refractivity contribution in [2.45, 2.75) is 25.3 Å². The first-order chi connectivity index (χ1) is 7.35. The molecule has 1 N–H and O–H groups in total. The molecule has 0 saturated carbocycles. The molecular formula is C14H17N. The van der Waals surface area contributed by atoms with E-state index in [0.29, 0.717) is 5.92 Å². The summed E-state index contributed by atoms with van der Waals surface area (Å²) in [6.07, 6.45) is 9.01. The first-order valence-corrected chi connectivity index (χ1v) is 5.55. The minimum atomic E-state index is 0.221. The molecule has 2 rings (SSSR count). The van der Waals surface area contributed by atoms with Crippen LogP contribution in [0.5, 0.6) is 0 Å². The maximum absolute atomic E-state index is 5.52. The van der Waals surface area contributed by atoms with Gasteiger partial charge in [0.25, 0.3) is 0 Å². The Balaban J connectivity index is 2.15. The van der Waals surface area contributed by atoms with Gasteiger partial charge in [-0.15, -0.1) is 6.42 Å². The predicted molar refractivity (Wildman–Crippen MR) is 63.6 cm³/mol. The van der Waals surface area contributed by atoms with Crippen molar-refractivity contribution < 1.29 is 0 Å². The first-order valence-electron chi connectivity index (χ1n) is 5.55. The Bertz CT molecular complexity index is 375. The molecule has 0 aromatic heterocycles. The van der Waals surface area contributed by atoms with Gasteiger partial charge in [-0.05, 0) is 43.4 Å². The Hall–Kier alpha value is -1.26. The Morgan fingerprint density at radius 1 is 1.40 bits per heavy atom. The number of hydrogen-bond acceptors (Lipinski definition) is 1. The van der Waals surface area contributed by atoms with E-state index in [1.165, 1.54) is 24.0 Å². The summed E-state index contributed by atoms with van der Waals surface area (Å²) in [6.45, 7) is 0. The van der Waals surface area contributed by atoms with Crippen molar-refractivity contribution in [3.8, 4) is 12.3 Å². The van der Waals surface area contributed by atoms with Gasteiger partial charge in [-0.3, -0.25) is 0 Å². The van der Waals surface area contributed by atoms with E-state index in [0.717, 1.165) is 6.42 Å². The molecule has 1 nitrogen and oxygen atoms in total. The second-order valence-corrected chi connectivity index (χ2v) is 4.20. The lowest BCUT2D eigenvalue weighted by molar-refractivity contribution is 0.389. The molecular weight excluding hydrogens is 182 g/mol. The number of nitrogens with one attached hydrogen (secondary N) is 1. The van der Waals surface area contributed by atoms with Crippen LogP contribution in [0.25, 0.3) is 0 Å². The average Bonchev–Trinajstić information content (AvgIpc) is 2.30. The van der Waals surface area contributed by atoms with Crippen LogP contribution >= 0.6 is 0 Å². The van der Waals surface area contributed by atoms with Gasteiger partial charge in [0.15, 0.2) is 0 Å². The Morgan fingerprint density at radius 3 is 2.80 bits per heavy atom. The van der Waals surface area contributed by atoms with Crippen LogP contribution in [0.2, 0.25) is 0 Å². The van der Waals surface area contributed by atoms with Gasteiger partial charge in [-0.1, -0.05) is 30.2 Å². The van der Waals surface area contributed by atoms with Crippen LogP contribution in [0, 0.1) is 18.3 Å². The molecule has 2 unspecified atom stereocenters. The maximum atomic E-state index is 5.52. The van der Waals surface area contributed by atoms with E-state index in [1.54, 1.807) is 0 Å². The lowest BCUT2D eigenvalue weighted by Gasteiger charge is -2.28. The van der Waals surface area contributed by atoms with E-state index in [1.807, 2.05) is 7.05 Å². The van der Waals surface area contributed by atoms with Crippen LogP contribution in [-0.2, 0) is 12.8 Å². The zero-order valence-electron chi connectivity index (χ0n) is 9.16. The van der Waals surface area contributed by atoms with Gasteiger partial charge in [0, 0.05) is 0 Å². The number of rotatable bonds is 2. The van der Waals surface area contributed by atoms with Crippen molar-refractivity contribution in [3.05, 3.63) is 35.4 Å². The van der Waals surface area contributed by atoms with E-state index < -0.39 is 0 Å². The van der Waals surface area contributed by atoms with E-state index in [2.05, 4.69) is 35.5 Å². The third-order valence-corrected chi connectivity index (χ3v) is 3.35. The molecule has 0 bridgehead atoms. The van der Waals surface area contributed by atoms with Gasteiger partial charge in [0.2, 0.25) is 0 Å². The molecule has 1 aliphatic rings. The van der Waals surface area contributed by atoms with Gasteiger partial charge in [-0.2, -0.15) is 0 Å². The van der Waals surface area contributed by atoms with Crippen LogP contribution in [-0.4, -0.2) is 13.1 Å². The molecule has 1 aliphatic carbocycles. The third kappa shape index (κ3) is 2.06. The summed E-state index contributed by atoms with van der Waals surface area (Å²) >= 11 is 0. The summed E-state index contributed by atoms with van der Waals surface area (Å²) in [5.41, 5.74) is 2.98. The lowest BCUT2D eigenvalue weighted by atomic mass is 9.80. The lowest BCUT2D eigenvalue weighted by Crippen LogP contribution is -2.35. The fraction of sp³-hybridized carbons (Fsp3) is 0.429. The predicted octanol–water partition coefficient (Wildman–Crippen LogP) is 2.01. The molecule has 1 aromatic carbocycles. The molecule has 0 radical (unpaired) electrons. The van der Waals surface area contributed by atoms with Crippen molar-refractivity contribution in [2.75, 3.05) is 7.05 Å². The summed E-state index contributed by atoms with van der Waals surface area (Å²) in [6, 6.07) is 8.92. The molecule has 0 aliphatic heterocycles. The van der Waals surface area contributed by atoms with Gasteiger partial charge >= 0.3 is 0 Å². The molecule has 78 valence electrons. The van der Waals surface area contributed by atoms with Crippen LogP contribution in [0.15, 0.2) is 24.3 Å². The van der Waals surface area contributed by atoms with Gasteiger partial charge in [0.05, 0.1) is 6.04 Å². The first kappa shape index (κ1) is 10.3. The van der Waals surface area contributed by atoms with E-state index >= 15 is 0 Å². The Kier molecular flexibility index (Phi) is 3.08. The van der Waals surface area contributed by atoms with Crippen LogP contribution < -0.4 is 5.32 Å². The molecule has 0 heterocycles. The summed E-state index contributed by atoms with van der Waals surface area (Å²) in [5, 5.41) is 3.22. The fourth-order valence-corrected chi connectivity index (χ4v) is 2.47. The molecule has 0 fully saturated rings. The highest BCUT2D eigenvalue weighted by molar-refractivity contribution is 5.30. The Labute approximate surface area is 91.9 Å². The minimum absolute atomic E-state index is 0.221. The summed E-state index contributed by atoms with van der Waals surface area (Å²) < 4.78 is 0. The number of benzene rings is 1. The quantitative estimate of drug-likeness (QED) is 0.718. The van der Waals surface area contributed by atoms with Gasteiger partial charge < -0.3 is 5.32 Å². The second-order valence-electron chi connectivity index (χ2n) is 4.20. The summed E-state index contributed by atoms with van der Waals surface area (Å²) in [7, 11) is 1.95. The number of terminal acetylenes is 1. The van der Waals surface area contributed by atoms with Crippen LogP contribution in [0.4, 0.5) is 0 Å². The molecule has 1 aromatic rings. The topological polar surface area (TPSA) is 12.0 Å². The van der Waals surface area contributed by atoms with Crippen molar-refractivity contribution in [3.63, 3.8) is 0 Å². The molecule has 0 spiro atoms. The monoisotopic (exact) mass is 199 g/mol. The zero-order valence-corrected chi connectivity index (χ0v) is 9.16. The smallest absolute Gasteiger partial charge is 0.0716 e. The normalized spacial score (nSPS) is 21.5. The van der Waals surface area contributed by atoms with Gasteiger partial charge in [0.1, 0.15) is 0 Å². The average molecular weight is 199 g/mol. The second kappa shape index (κ2) is 4.51. The highest BCUT2D eigenvalue weighted by Gasteiger charge is 2.23. The summed E-state index contributed by atoms with van der Waals surface area (Å²) in [4.78, 5) is 0. The Morgan fingerprint density at radius 2 is 2.13 bits per heavy atom. The molecule has 0 amide bonds. The highest BCUT2D eigenvalue weighted by atomic mass is 14.9. The van der Waals surface area contributed by atoms with Crippen molar-refractivity contribution in [1.82, 2.24) is 5.32 Å². The minimum Gasteiger partial charge on any atom is -0.307 e. The van der Waals surface area contributed by atoms with Gasteiger partial charge in [-0.25, -0.2) is 0 Å². The summed E-state index contributed by atoms with van der Waals surface area (Å²) in [5.74, 6) is 3.43. The molecule has 15 heavy (non-hydrogen) atoms. The van der Waals surface area contributed by atoms with Crippen LogP contribution in [0.1, 0.15) is 17.5 Å². The van der Waals surface area contributed by atoms with E-state index in [-0.39, 0.29) is 6.04 Å². The molecule has 0 saturated heterocycles. The standard InChI is InChI=1S/C14H17N/c1-3-14(15-2)13-9-8-11-6-4-5-7-12(11)10-13/h1,4-7,13-15H,8-10H2,2H3. The third-order valence-electron chi connectivity index (χ3n) is 3.35. The largest absolute Gasteiger partial charge is 0.307 e. The van der Waals surface area contributed by atoms with E-state index in [4.69, 9.17) is 6.42 Å². The van der Waals surface area contributed by atoms with Crippen molar-refractivity contribution in [2.24, 2.45) is 5.92 Å². The molecule has 1 heteroatoms. The zero-order chi connectivity index (χ0) is 10.7. The number of aryl methyl sites for hydroxylation is 1. The van der Waals surface area contributed by atoms with Crippen molar-refractivity contribution in [1.29, 1.82) is 0 Å². The maximum Gasteiger partial charge on any atom is 0.0716 e. The van der Waals surface area contributed by atoms with Crippen molar-refractivity contribution >= 4 is 0 Å². The van der Waals surface area contributed by atoms with E-state index in [9.17, 15) is 0 Å². The fourth-order valence-electron chi connectivity index (χ4n) is 2.47. The molecule has 2 atom stereocenters. The number of hydrogen-bond donors (Lipinski definition) is 1.